The monoisotopic (exact) mass is 201 g/mol. The number of rotatable bonds is 4. The van der Waals surface area contributed by atoms with E-state index in [4.69, 9.17) is 0 Å². The van der Waals surface area contributed by atoms with Crippen molar-refractivity contribution < 1.29 is 10.2 Å². The molecule has 3 heteroatoms. The van der Waals surface area contributed by atoms with Gasteiger partial charge in [-0.25, -0.2) is 0 Å². The molecule has 1 aliphatic heterocycles. The van der Waals surface area contributed by atoms with Crippen molar-refractivity contribution in [3.8, 4) is 0 Å². The Balaban J connectivity index is 2.46. The Morgan fingerprint density at radius 3 is 2.21 bits per heavy atom. The lowest BCUT2D eigenvalue weighted by Crippen LogP contribution is -2.40. The first-order valence-corrected chi connectivity index (χ1v) is 5.35. The molecule has 0 unspecified atom stereocenters. The summed E-state index contributed by atoms with van der Waals surface area (Å²) in [6.45, 7) is 9.53. The van der Waals surface area contributed by atoms with Crippen LogP contribution in [-0.2, 0) is 0 Å². The molecule has 0 saturated carbocycles. The second kappa shape index (κ2) is 4.17. The van der Waals surface area contributed by atoms with Crippen LogP contribution in [0.4, 0.5) is 0 Å². The van der Waals surface area contributed by atoms with Gasteiger partial charge in [0.15, 0.2) is 0 Å². The van der Waals surface area contributed by atoms with Gasteiger partial charge in [-0.15, -0.1) is 0 Å². The highest BCUT2D eigenvalue weighted by Crippen LogP contribution is 2.30. The van der Waals surface area contributed by atoms with Crippen molar-refractivity contribution in [3.05, 3.63) is 0 Å². The third kappa shape index (κ3) is 2.94. The quantitative estimate of drug-likeness (QED) is 0.704. The van der Waals surface area contributed by atoms with Gasteiger partial charge >= 0.3 is 0 Å². The maximum Gasteiger partial charge on any atom is 0.0519 e. The fourth-order valence-electron chi connectivity index (χ4n) is 2.05. The minimum absolute atomic E-state index is 0.0560. The number of hydrogen-bond acceptors (Lipinski definition) is 3. The van der Waals surface area contributed by atoms with Gasteiger partial charge < -0.3 is 15.1 Å². The molecule has 0 aromatic heterocycles. The Labute approximate surface area is 86.7 Å². The van der Waals surface area contributed by atoms with Crippen LogP contribution in [0.3, 0.4) is 0 Å². The molecule has 1 saturated heterocycles. The molecule has 0 bridgehead atoms. The number of aliphatic hydroxyl groups is 2. The van der Waals surface area contributed by atoms with Crippen molar-refractivity contribution in [2.24, 2.45) is 10.8 Å². The van der Waals surface area contributed by atoms with Crippen molar-refractivity contribution >= 4 is 0 Å². The summed E-state index contributed by atoms with van der Waals surface area (Å²) in [6, 6.07) is 0. The molecule has 1 aliphatic rings. The molecule has 0 atom stereocenters. The van der Waals surface area contributed by atoms with Gasteiger partial charge in [0.2, 0.25) is 0 Å². The molecule has 1 heterocycles. The van der Waals surface area contributed by atoms with E-state index in [0.717, 1.165) is 19.6 Å². The second-order valence-corrected chi connectivity index (χ2v) is 5.75. The third-order valence-corrected chi connectivity index (χ3v) is 3.13. The van der Waals surface area contributed by atoms with E-state index in [-0.39, 0.29) is 18.6 Å². The zero-order chi connectivity index (χ0) is 10.8. The van der Waals surface area contributed by atoms with E-state index in [1.54, 1.807) is 0 Å². The van der Waals surface area contributed by atoms with Crippen LogP contribution in [0, 0.1) is 10.8 Å². The number of hydrogen-bond donors (Lipinski definition) is 2. The molecule has 0 aromatic rings. The molecule has 0 amide bonds. The van der Waals surface area contributed by atoms with E-state index in [1.165, 1.54) is 6.42 Å². The van der Waals surface area contributed by atoms with Gasteiger partial charge in [0.25, 0.3) is 0 Å². The molecule has 2 N–H and O–H groups in total. The van der Waals surface area contributed by atoms with Crippen LogP contribution in [-0.4, -0.2) is 48.0 Å². The standard InChI is InChI=1S/C11H23NO2/c1-10(2)4-5-12(6-10)7-11(3,8-13)9-14/h13-14H,4-9H2,1-3H3. The smallest absolute Gasteiger partial charge is 0.0519 e. The molecular weight excluding hydrogens is 178 g/mol. The lowest BCUT2D eigenvalue weighted by atomic mass is 9.91. The molecule has 14 heavy (non-hydrogen) atoms. The van der Waals surface area contributed by atoms with E-state index < -0.39 is 0 Å². The van der Waals surface area contributed by atoms with E-state index >= 15 is 0 Å². The summed E-state index contributed by atoms with van der Waals surface area (Å²) in [5.41, 5.74) is 0.0479. The molecule has 0 radical (unpaired) electrons. The summed E-state index contributed by atoms with van der Waals surface area (Å²) in [7, 11) is 0. The van der Waals surface area contributed by atoms with Gasteiger partial charge in [-0.05, 0) is 18.4 Å². The summed E-state index contributed by atoms with van der Waals surface area (Å²) in [4.78, 5) is 2.34. The average Bonchev–Trinajstić information content (AvgIpc) is 2.45. The maximum atomic E-state index is 9.19. The molecule has 0 aromatic carbocycles. The Bertz CT molecular complexity index is 188. The van der Waals surface area contributed by atoms with Gasteiger partial charge in [-0.2, -0.15) is 0 Å². The number of aliphatic hydroxyl groups excluding tert-OH is 2. The lowest BCUT2D eigenvalue weighted by Gasteiger charge is -2.30. The zero-order valence-corrected chi connectivity index (χ0v) is 9.58. The summed E-state index contributed by atoms with van der Waals surface area (Å²) < 4.78 is 0. The van der Waals surface area contributed by atoms with E-state index in [9.17, 15) is 10.2 Å². The summed E-state index contributed by atoms with van der Waals surface area (Å²) in [5, 5.41) is 18.4. The highest BCUT2D eigenvalue weighted by molar-refractivity contribution is 4.86. The van der Waals surface area contributed by atoms with Crippen molar-refractivity contribution in [2.45, 2.75) is 27.2 Å². The molecular formula is C11H23NO2. The average molecular weight is 201 g/mol. The van der Waals surface area contributed by atoms with Crippen LogP contribution in [0.15, 0.2) is 0 Å². The molecule has 84 valence electrons. The Morgan fingerprint density at radius 1 is 1.29 bits per heavy atom. The first-order chi connectivity index (χ1) is 6.41. The minimum Gasteiger partial charge on any atom is -0.396 e. The fourth-order valence-corrected chi connectivity index (χ4v) is 2.05. The van der Waals surface area contributed by atoms with Crippen molar-refractivity contribution in [3.63, 3.8) is 0 Å². The predicted octanol–water partition coefficient (Wildman–Crippen LogP) is 0.709. The van der Waals surface area contributed by atoms with Crippen LogP contribution in [0.5, 0.6) is 0 Å². The molecule has 0 spiro atoms. The van der Waals surface area contributed by atoms with Gasteiger partial charge in [0.1, 0.15) is 0 Å². The van der Waals surface area contributed by atoms with Crippen molar-refractivity contribution in [1.82, 2.24) is 4.90 Å². The fraction of sp³-hybridized carbons (Fsp3) is 1.00. The van der Waals surface area contributed by atoms with Crippen LogP contribution >= 0.6 is 0 Å². The Morgan fingerprint density at radius 2 is 1.86 bits per heavy atom. The molecule has 3 nitrogen and oxygen atoms in total. The zero-order valence-electron chi connectivity index (χ0n) is 9.58. The van der Waals surface area contributed by atoms with Gasteiger partial charge in [-0.3, -0.25) is 0 Å². The summed E-state index contributed by atoms with van der Waals surface area (Å²) in [6.07, 6.45) is 1.21. The van der Waals surface area contributed by atoms with Gasteiger partial charge in [0.05, 0.1) is 13.2 Å². The Hall–Kier alpha value is -0.120. The van der Waals surface area contributed by atoms with E-state index in [0.29, 0.717) is 5.41 Å². The minimum atomic E-state index is -0.347. The second-order valence-electron chi connectivity index (χ2n) is 5.75. The SMILES string of the molecule is CC1(C)CCN(CC(C)(CO)CO)C1. The third-order valence-electron chi connectivity index (χ3n) is 3.13. The van der Waals surface area contributed by atoms with Crippen molar-refractivity contribution in [2.75, 3.05) is 32.8 Å². The lowest BCUT2D eigenvalue weighted by molar-refractivity contribution is 0.0392. The van der Waals surface area contributed by atoms with Crippen molar-refractivity contribution in [1.29, 1.82) is 0 Å². The van der Waals surface area contributed by atoms with E-state index in [1.807, 2.05) is 6.92 Å². The molecule has 0 aliphatic carbocycles. The summed E-state index contributed by atoms with van der Waals surface area (Å²) in [5.74, 6) is 0. The number of nitrogens with zero attached hydrogens (tertiary/aromatic N) is 1. The summed E-state index contributed by atoms with van der Waals surface area (Å²) >= 11 is 0. The van der Waals surface area contributed by atoms with Gasteiger partial charge in [-0.1, -0.05) is 20.8 Å². The maximum absolute atomic E-state index is 9.19. The van der Waals surface area contributed by atoms with E-state index in [2.05, 4.69) is 18.7 Å². The molecule has 1 fully saturated rings. The number of likely N-dealkylation sites (tertiary alicyclic amines) is 1. The largest absolute Gasteiger partial charge is 0.396 e. The first-order valence-electron chi connectivity index (χ1n) is 5.35. The van der Waals surface area contributed by atoms with Crippen LogP contribution in [0.1, 0.15) is 27.2 Å². The topological polar surface area (TPSA) is 43.7 Å². The first kappa shape index (κ1) is 12.0. The Kier molecular flexibility index (Phi) is 3.56. The van der Waals surface area contributed by atoms with Crippen LogP contribution in [0.2, 0.25) is 0 Å². The normalized spacial score (nSPS) is 22.9. The van der Waals surface area contributed by atoms with Crippen LogP contribution < -0.4 is 0 Å². The van der Waals surface area contributed by atoms with Crippen LogP contribution in [0.25, 0.3) is 0 Å². The molecule has 1 rings (SSSR count). The highest BCUT2D eigenvalue weighted by Gasteiger charge is 2.33. The highest BCUT2D eigenvalue weighted by atomic mass is 16.3. The predicted molar refractivity (Wildman–Crippen MR) is 57.1 cm³/mol. The van der Waals surface area contributed by atoms with Gasteiger partial charge in [0, 0.05) is 18.5 Å².